The number of hydrogen-bond acceptors (Lipinski definition) is 4. The van der Waals surface area contributed by atoms with Crippen molar-refractivity contribution in [3.05, 3.63) is 23.9 Å². The molecule has 1 fully saturated rings. The molecule has 100 valence electrons. The molecule has 4 nitrogen and oxygen atoms in total. The molecular formula is C14H23N3O. The van der Waals surface area contributed by atoms with Gasteiger partial charge in [0.2, 0.25) is 0 Å². The number of pyridine rings is 1. The molecule has 1 N–H and O–H groups in total. The third-order valence-electron chi connectivity index (χ3n) is 3.11. The predicted molar refractivity (Wildman–Crippen MR) is 73.9 cm³/mol. The highest BCUT2D eigenvalue weighted by molar-refractivity contribution is 5.41. The van der Waals surface area contributed by atoms with Crippen LogP contribution in [0.4, 0.5) is 5.82 Å². The van der Waals surface area contributed by atoms with Crippen LogP contribution in [0, 0.1) is 0 Å². The Morgan fingerprint density at radius 1 is 1.39 bits per heavy atom. The van der Waals surface area contributed by atoms with Gasteiger partial charge in [0.1, 0.15) is 5.82 Å². The Balaban J connectivity index is 1.96. The second kappa shape index (κ2) is 7.34. The van der Waals surface area contributed by atoms with Crippen LogP contribution in [0.1, 0.15) is 25.3 Å². The third-order valence-corrected chi connectivity index (χ3v) is 3.11. The second-order valence-electron chi connectivity index (χ2n) is 4.65. The summed E-state index contributed by atoms with van der Waals surface area (Å²) in [4.78, 5) is 6.79. The zero-order chi connectivity index (χ0) is 12.6. The Hall–Kier alpha value is -1.13. The van der Waals surface area contributed by atoms with Crippen molar-refractivity contribution in [1.29, 1.82) is 0 Å². The Bertz CT molecular complexity index is 349. The smallest absolute Gasteiger partial charge is 0.128 e. The summed E-state index contributed by atoms with van der Waals surface area (Å²) in [5, 5.41) is 3.42. The van der Waals surface area contributed by atoms with Crippen LogP contribution in [0.2, 0.25) is 0 Å². The van der Waals surface area contributed by atoms with Crippen molar-refractivity contribution < 1.29 is 4.74 Å². The average Bonchev–Trinajstić information content (AvgIpc) is 2.68. The fourth-order valence-corrected chi connectivity index (χ4v) is 2.13. The first kappa shape index (κ1) is 13.3. The predicted octanol–water partition coefficient (Wildman–Crippen LogP) is 1.81. The normalized spacial score (nSPS) is 16.6. The molecule has 0 amide bonds. The van der Waals surface area contributed by atoms with Gasteiger partial charge in [0.25, 0.3) is 0 Å². The molecule has 0 aliphatic carbocycles. The molecule has 0 radical (unpaired) electrons. The van der Waals surface area contributed by atoms with Gasteiger partial charge in [-0.15, -0.1) is 0 Å². The van der Waals surface area contributed by atoms with Crippen molar-refractivity contribution in [3.8, 4) is 0 Å². The number of nitrogens with zero attached hydrogens (tertiary/aromatic N) is 2. The van der Waals surface area contributed by atoms with Gasteiger partial charge in [0.15, 0.2) is 0 Å². The van der Waals surface area contributed by atoms with Crippen molar-refractivity contribution in [2.24, 2.45) is 0 Å². The Labute approximate surface area is 109 Å². The largest absolute Gasteiger partial charge is 0.380 e. The molecule has 1 aliphatic rings. The minimum Gasteiger partial charge on any atom is -0.380 e. The number of nitrogens with one attached hydrogen (secondary N) is 1. The summed E-state index contributed by atoms with van der Waals surface area (Å²) < 4.78 is 5.47. The van der Waals surface area contributed by atoms with Crippen molar-refractivity contribution >= 4 is 5.82 Å². The summed E-state index contributed by atoms with van der Waals surface area (Å²) in [5.41, 5.74) is 1.30. The summed E-state index contributed by atoms with van der Waals surface area (Å²) in [7, 11) is 0. The number of rotatable bonds is 5. The van der Waals surface area contributed by atoms with E-state index in [1.54, 1.807) is 0 Å². The molecule has 0 aromatic carbocycles. The monoisotopic (exact) mass is 249 g/mol. The third kappa shape index (κ3) is 3.96. The lowest BCUT2D eigenvalue weighted by molar-refractivity contribution is 0.152. The zero-order valence-electron chi connectivity index (χ0n) is 11.2. The molecule has 1 aliphatic heterocycles. The van der Waals surface area contributed by atoms with E-state index in [0.29, 0.717) is 0 Å². The van der Waals surface area contributed by atoms with Gasteiger partial charge in [-0.2, -0.15) is 0 Å². The molecular weight excluding hydrogens is 226 g/mol. The highest BCUT2D eigenvalue weighted by atomic mass is 16.5. The molecule has 1 saturated heterocycles. The Kier molecular flexibility index (Phi) is 5.42. The van der Waals surface area contributed by atoms with Crippen LogP contribution >= 0.6 is 0 Å². The van der Waals surface area contributed by atoms with Crippen LogP contribution in [0.3, 0.4) is 0 Å². The zero-order valence-corrected chi connectivity index (χ0v) is 11.2. The van der Waals surface area contributed by atoms with E-state index in [1.165, 1.54) is 12.0 Å². The molecule has 2 rings (SSSR count). The van der Waals surface area contributed by atoms with Gasteiger partial charge in [-0.3, -0.25) is 0 Å². The summed E-state index contributed by atoms with van der Waals surface area (Å²) in [6.07, 6.45) is 4.16. The van der Waals surface area contributed by atoms with Crippen LogP contribution in [0.25, 0.3) is 0 Å². The first-order valence-corrected chi connectivity index (χ1v) is 6.88. The Morgan fingerprint density at radius 2 is 2.33 bits per heavy atom. The van der Waals surface area contributed by atoms with Gasteiger partial charge in [0.05, 0.1) is 6.61 Å². The van der Waals surface area contributed by atoms with Crippen molar-refractivity contribution in [2.75, 3.05) is 37.7 Å². The lowest BCUT2D eigenvalue weighted by atomic mass is 10.2. The van der Waals surface area contributed by atoms with E-state index >= 15 is 0 Å². The fraction of sp³-hybridized carbons (Fsp3) is 0.643. The van der Waals surface area contributed by atoms with E-state index in [-0.39, 0.29) is 0 Å². The van der Waals surface area contributed by atoms with Crippen molar-refractivity contribution in [3.63, 3.8) is 0 Å². The van der Waals surface area contributed by atoms with E-state index in [1.807, 2.05) is 6.20 Å². The van der Waals surface area contributed by atoms with E-state index in [0.717, 1.165) is 51.6 Å². The highest BCUT2D eigenvalue weighted by Gasteiger charge is 2.11. The second-order valence-corrected chi connectivity index (χ2v) is 4.65. The number of aromatic nitrogens is 1. The summed E-state index contributed by atoms with van der Waals surface area (Å²) in [6, 6.07) is 4.27. The maximum Gasteiger partial charge on any atom is 0.128 e. The molecule has 18 heavy (non-hydrogen) atoms. The minimum atomic E-state index is 0.806. The standard InChI is InChI=1S/C14H23N3O/c1-2-5-15-12-13-4-6-16-14(11-13)17-7-3-9-18-10-8-17/h4,6,11,15H,2-3,5,7-10,12H2,1H3. The van der Waals surface area contributed by atoms with E-state index in [4.69, 9.17) is 4.74 Å². The first-order valence-electron chi connectivity index (χ1n) is 6.88. The van der Waals surface area contributed by atoms with Crippen molar-refractivity contribution in [2.45, 2.75) is 26.3 Å². The fourth-order valence-electron chi connectivity index (χ4n) is 2.13. The number of anilines is 1. The molecule has 0 unspecified atom stereocenters. The van der Waals surface area contributed by atoms with Gasteiger partial charge in [0, 0.05) is 32.4 Å². The number of ether oxygens (including phenoxy) is 1. The summed E-state index contributed by atoms with van der Waals surface area (Å²) in [5.74, 6) is 1.08. The van der Waals surface area contributed by atoms with E-state index in [9.17, 15) is 0 Å². The minimum absolute atomic E-state index is 0.806. The van der Waals surface area contributed by atoms with Gasteiger partial charge >= 0.3 is 0 Å². The van der Waals surface area contributed by atoms with Crippen LogP contribution in [-0.2, 0) is 11.3 Å². The molecule has 0 atom stereocenters. The quantitative estimate of drug-likeness (QED) is 0.808. The van der Waals surface area contributed by atoms with Crippen LogP contribution in [0.5, 0.6) is 0 Å². The van der Waals surface area contributed by atoms with Gasteiger partial charge in [-0.25, -0.2) is 4.98 Å². The topological polar surface area (TPSA) is 37.4 Å². The van der Waals surface area contributed by atoms with Gasteiger partial charge in [-0.1, -0.05) is 6.92 Å². The maximum atomic E-state index is 5.47. The SMILES string of the molecule is CCCNCc1ccnc(N2CCCOCC2)c1. The summed E-state index contributed by atoms with van der Waals surface area (Å²) >= 11 is 0. The first-order chi connectivity index (χ1) is 8.90. The van der Waals surface area contributed by atoms with Crippen LogP contribution in [-0.4, -0.2) is 37.8 Å². The van der Waals surface area contributed by atoms with Crippen LogP contribution in [0.15, 0.2) is 18.3 Å². The van der Waals surface area contributed by atoms with E-state index < -0.39 is 0 Å². The Morgan fingerprint density at radius 3 is 3.22 bits per heavy atom. The maximum absolute atomic E-state index is 5.47. The van der Waals surface area contributed by atoms with Gasteiger partial charge < -0.3 is 15.0 Å². The average molecular weight is 249 g/mol. The van der Waals surface area contributed by atoms with Crippen molar-refractivity contribution in [1.82, 2.24) is 10.3 Å². The summed E-state index contributed by atoms with van der Waals surface area (Å²) in [6.45, 7) is 7.83. The molecule has 1 aromatic heterocycles. The lowest BCUT2D eigenvalue weighted by Gasteiger charge is -2.21. The van der Waals surface area contributed by atoms with Crippen LogP contribution < -0.4 is 10.2 Å². The lowest BCUT2D eigenvalue weighted by Crippen LogP contribution is -2.27. The molecule has 2 heterocycles. The molecule has 1 aromatic rings. The van der Waals surface area contributed by atoms with Gasteiger partial charge in [-0.05, 0) is 37.1 Å². The molecule has 0 spiro atoms. The molecule has 0 saturated carbocycles. The highest BCUT2D eigenvalue weighted by Crippen LogP contribution is 2.14. The molecule has 0 bridgehead atoms. The number of hydrogen-bond donors (Lipinski definition) is 1. The molecule has 4 heteroatoms. The van der Waals surface area contributed by atoms with E-state index in [2.05, 4.69) is 34.3 Å².